The van der Waals surface area contributed by atoms with Crippen LogP contribution in [0.2, 0.25) is 0 Å². The number of nitrogens with zero attached hydrogens (tertiary/aromatic N) is 2. The van der Waals surface area contributed by atoms with Gasteiger partial charge in [0, 0.05) is 42.7 Å². The van der Waals surface area contributed by atoms with Crippen LogP contribution in [0.4, 0.5) is 4.39 Å². The topological polar surface area (TPSA) is 34.5 Å². The summed E-state index contributed by atoms with van der Waals surface area (Å²) in [6.45, 7) is 5.03. The molecule has 1 aromatic carbocycles. The van der Waals surface area contributed by atoms with E-state index in [1.165, 1.54) is 29.0 Å². The number of rotatable bonds is 4. The molecule has 148 valence electrons. The number of likely N-dealkylation sites (tertiary alicyclic amines) is 1. The molecule has 0 bridgehead atoms. The summed E-state index contributed by atoms with van der Waals surface area (Å²) in [6, 6.07) is 6.92. The number of aromatic nitrogens is 1. The summed E-state index contributed by atoms with van der Waals surface area (Å²) in [4.78, 5) is 14.9. The predicted octanol–water partition coefficient (Wildman–Crippen LogP) is 3.85. The fourth-order valence-electron chi connectivity index (χ4n) is 4.92. The molecule has 1 aromatic heterocycles. The molecule has 1 fully saturated rings. The summed E-state index contributed by atoms with van der Waals surface area (Å²) in [5, 5.41) is 1.36. The molecule has 0 spiro atoms. The minimum atomic E-state index is -1.12. The van der Waals surface area contributed by atoms with Gasteiger partial charge >= 0.3 is 5.97 Å². The number of benzene rings is 1. The minimum absolute atomic E-state index is 0. The number of piperidine rings is 1. The molecule has 0 N–H and O–H groups in total. The lowest BCUT2D eigenvalue weighted by Crippen LogP contribution is -2.51. The van der Waals surface area contributed by atoms with Gasteiger partial charge in [0.05, 0.1) is 5.92 Å². The van der Waals surface area contributed by atoms with Crippen molar-refractivity contribution in [2.75, 3.05) is 19.7 Å². The Kier molecular flexibility index (Phi) is 5.82. The number of hydrogen-bond donors (Lipinski definition) is 0. The van der Waals surface area contributed by atoms with Gasteiger partial charge in [-0.2, -0.15) is 0 Å². The van der Waals surface area contributed by atoms with Crippen LogP contribution in [0.15, 0.2) is 24.4 Å². The maximum Gasteiger partial charge on any atom is 0.310 e. The number of likely N-dealkylation sites (N-methyl/N-ethyl adjacent to an activating group) is 1. The maximum absolute atomic E-state index is 13.1. The Morgan fingerprint density at radius 2 is 2.19 bits per heavy atom. The van der Waals surface area contributed by atoms with Crippen LogP contribution in [0.3, 0.4) is 0 Å². The molecule has 1 unspecified atom stereocenters. The molecule has 6 heteroatoms. The monoisotopic (exact) mass is 394 g/mol. The second-order valence-corrected chi connectivity index (χ2v) is 7.82. The van der Waals surface area contributed by atoms with E-state index in [1.807, 2.05) is 0 Å². The molecule has 0 radical (unpaired) electrons. The molecule has 1 saturated heterocycles. The number of ether oxygens (including phenoxy) is 1. The fourth-order valence-corrected chi connectivity index (χ4v) is 4.92. The third-order valence-corrected chi connectivity index (χ3v) is 6.08. The quantitative estimate of drug-likeness (QED) is 0.739. The van der Waals surface area contributed by atoms with Crippen LogP contribution < -0.4 is 0 Å². The maximum atomic E-state index is 13.1. The molecule has 4 rings (SSSR count). The summed E-state index contributed by atoms with van der Waals surface area (Å²) >= 11 is 0. The number of carbonyl (C=O) groups is 1. The summed E-state index contributed by atoms with van der Waals surface area (Å²) in [5.74, 6) is -0.115. The zero-order valence-corrected chi connectivity index (χ0v) is 17.0. The third-order valence-electron chi connectivity index (χ3n) is 6.08. The van der Waals surface area contributed by atoms with Crippen LogP contribution in [-0.4, -0.2) is 47.3 Å². The fraction of sp³-hybridized carbons (Fsp3) is 0.571. The molecule has 4 atom stereocenters. The Morgan fingerprint density at radius 1 is 1.41 bits per heavy atom. The van der Waals surface area contributed by atoms with Gasteiger partial charge in [-0.15, -0.1) is 12.4 Å². The van der Waals surface area contributed by atoms with Crippen molar-refractivity contribution in [1.82, 2.24) is 9.47 Å². The molecular weight excluding hydrogens is 367 g/mol. The number of fused-ring (bicyclic) bond motifs is 2. The van der Waals surface area contributed by atoms with E-state index in [2.05, 4.69) is 47.8 Å². The second kappa shape index (κ2) is 7.80. The first-order valence-electron chi connectivity index (χ1n) is 9.61. The molecule has 2 aromatic rings. The molecular formula is C21H28ClFN2O2. The van der Waals surface area contributed by atoms with E-state index in [0.29, 0.717) is 18.5 Å². The highest BCUT2D eigenvalue weighted by molar-refractivity contribution is 5.89. The van der Waals surface area contributed by atoms with Crippen LogP contribution in [-0.2, 0) is 23.0 Å². The highest BCUT2D eigenvalue weighted by atomic mass is 35.5. The Balaban J connectivity index is 0.00000210. The lowest BCUT2D eigenvalue weighted by molar-refractivity contribution is -0.153. The molecule has 1 aliphatic heterocycles. The van der Waals surface area contributed by atoms with Gasteiger partial charge in [0.1, 0.15) is 12.8 Å². The van der Waals surface area contributed by atoms with Gasteiger partial charge in [-0.1, -0.05) is 19.1 Å². The number of alkyl halides is 1. The van der Waals surface area contributed by atoms with Crippen molar-refractivity contribution in [3.63, 3.8) is 0 Å². The van der Waals surface area contributed by atoms with E-state index in [9.17, 15) is 9.18 Å². The molecule has 2 heterocycles. The molecule has 27 heavy (non-hydrogen) atoms. The van der Waals surface area contributed by atoms with E-state index >= 15 is 0 Å². The van der Waals surface area contributed by atoms with E-state index in [0.717, 1.165) is 19.4 Å². The van der Waals surface area contributed by atoms with Gasteiger partial charge < -0.3 is 9.30 Å². The molecule has 4 nitrogen and oxygen atoms in total. The predicted molar refractivity (Wildman–Crippen MR) is 107 cm³/mol. The molecule has 2 aliphatic rings. The number of esters is 1. The van der Waals surface area contributed by atoms with Crippen LogP contribution in [0.1, 0.15) is 37.3 Å². The second-order valence-electron chi connectivity index (χ2n) is 7.82. The van der Waals surface area contributed by atoms with Gasteiger partial charge in [-0.25, -0.2) is 4.39 Å². The summed E-state index contributed by atoms with van der Waals surface area (Å²) < 4.78 is 20.5. The lowest BCUT2D eigenvalue weighted by Gasteiger charge is -2.46. The van der Waals surface area contributed by atoms with Gasteiger partial charge in [0.2, 0.25) is 0 Å². The van der Waals surface area contributed by atoms with E-state index in [4.69, 9.17) is 4.74 Å². The van der Waals surface area contributed by atoms with Crippen LogP contribution in [0.5, 0.6) is 0 Å². The zero-order chi connectivity index (χ0) is 18.4. The van der Waals surface area contributed by atoms with Crippen molar-refractivity contribution in [3.8, 4) is 0 Å². The standard InChI is InChI=1S/C21H27FN2O2.ClH/c1-4-24-11-15(21(25)26-12-13(2)22)8-17-16-6-5-7-18-20(16)14(9-19(17)24)10-23(18)3;/h5-7,10,13,15,17,19H,4,8-9,11-12H2,1-3H3;1H/t13?,15-,17-,19-;/m1./s1. The third kappa shape index (κ3) is 3.47. The van der Waals surface area contributed by atoms with Crippen molar-refractivity contribution in [2.45, 2.75) is 44.8 Å². The van der Waals surface area contributed by atoms with Crippen LogP contribution in [0, 0.1) is 5.92 Å². The van der Waals surface area contributed by atoms with Crippen molar-refractivity contribution in [1.29, 1.82) is 0 Å². The summed E-state index contributed by atoms with van der Waals surface area (Å²) in [7, 11) is 2.10. The minimum Gasteiger partial charge on any atom is -0.462 e. The Hall–Kier alpha value is -1.59. The largest absolute Gasteiger partial charge is 0.462 e. The van der Waals surface area contributed by atoms with Crippen molar-refractivity contribution in [3.05, 3.63) is 35.5 Å². The Bertz CT molecular complexity index is 835. The van der Waals surface area contributed by atoms with Crippen molar-refractivity contribution < 1.29 is 13.9 Å². The smallest absolute Gasteiger partial charge is 0.310 e. The van der Waals surface area contributed by atoms with E-state index < -0.39 is 6.17 Å². The van der Waals surface area contributed by atoms with Gasteiger partial charge in [0.25, 0.3) is 0 Å². The first-order valence-corrected chi connectivity index (χ1v) is 9.61. The Labute approximate surface area is 166 Å². The molecule has 0 saturated carbocycles. The lowest BCUT2D eigenvalue weighted by atomic mass is 9.72. The van der Waals surface area contributed by atoms with Gasteiger partial charge in [-0.3, -0.25) is 9.69 Å². The average molecular weight is 395 g/mol. The molecule has 1 aliphatic carbocycles. The van der Waals surface area contributed by atoms with Crippen molar-refractivity contribution in [2.24, 2.45) is 13.0 Å². The van der Waals surface area contributed by atoms with E-state index in [-0.39, 0.29) is 30.9 Å². The first kappa shape index (κ1) is 20.2. The number of hydrogen-bond acceptors (Lipinski definition) is 3. The summed E-state index contributed by atoms with van der Waals surface area (Å²) in [6.07, 6.45) is 2.94. The Morgan fingerprint density at radius 3 is 2.89 bits per heavy atom. The highest BCUT2D eigenvalue weighted by Crippen LogP contribution is 2.45. The normalized spacial score (nSPS) is 25.6. The average Bonchev–Trinajstić information content (AvgIpc) is 2.96. The summed E-state index contributed by atoms with van der Waals surface area (Å²) in [5.41, 5.74) is 4.02. The van der Waals surface area contributed by atoms with Crippen LogP contribution in [0.25, 0.3) is 10.9 Å². The zero-order valence-electron chi connectivity index (χ0n) is 16.2. The number of halogens is 2. The highest BCUT2D eigenvalue weighted by Gasteiger charge is 2.42. The number of aryl methyl sites for hydroxylation is 1. The van der Waals surface area contributed by atoms with Gasteiger partial charge in [0.15, 0.2) is 0 Å². The molecule has 0 amide bonds. The SMILES string of the molecule is CCN1C[C@H](C(=O)OCC(C)F)C[C@@H]2c3cccc4c3c(cn4C)C[C@H]21.Cl. The van der Waals surface area contributed by atoms with E-state index in [1.54, 1.807) is 0 Å². The first-order chi connectivity index (χ1) is 12.5. The van der Waals surface area contributed by atoms with Gasteiger partial charge in [-0.05, 0) is 43.5 Å². The number of carbonyl (C=O) groups excluding carboxylic acids is 1. The van der Waals surface area contributed by atoms with Crippen LogP contribution >= 0.6 is 12.4 Å². The van der Waals surface area contributed by atoms with Crippen molar-refractivity contribution >= 4 is 29.3 Å².